The summed E-state index contributed by atoms with van der Waals surface area (Å²) in [6.07, 6.45) is 4.07. The molecule has 1 aromatic heterocycles. The highest BCUT2D eigenvalue weighted by atomic mass is 15.1. The van der Waals surface area contributed by atoms with Crippen molar-refractivity contribution in [3.63, 3.8) is 0 Å². The molecule has 0 saturated carbocycles. The number of aromatic nitrogens is 2. The summed E-state index contributed by atoms with van der Waals surface area (Å²) in [6, 6.07) is 0.469. The van der Waals surface area contributed by atoms with E-state index in [1.807, 2.05) is 6.33 Å². The number of likely N-dealkylation sites (N-methyl/N-ethyl adjacent to an activating group) is 1. The number of hydrogen-bond acceptors (Lipinski definition) is 3. The van der Waals surface area contributed by atoms with Gasteiger partial charge in [-0.05, 0) is 33.5 Å². The Bertz CT molecular complexity index is 317. The van der Waals surface area contributed by atoms with E-state index in [1.165, 1.54) is 0 Å². The average molecular weight is 238 g/mol. The monoisotopic (exact) mass is 238 g/mol. The smallest absolute Gasteiger partial charge is 0.0952 e. The van der Waals surface area contributed by atoms with Crippen LogP contribution in [0.2, 0.25) is 0 Å². The van der Waals surface area contributed by atoms with E-state index in [9.17, 15) is 0 Å². The summed E-state index contributed by atoms with van der Waals surface area (Å²) in [5.74, 6) is 0.685. The van der Waals surface area contributed by atoms with Crippen molar-refractivity contribution in [2.75, 3.05) is 27.2 Å². The molecule has 1 N–H and O–H groups in total. The van der Waals surface area contributed by atoms with Crippen molar-refractivity contribution >= 4 is 0 Å². The topological polar surface area (TPSA) is 33.1 Å². The lowest BCUT2D eigenvalue weighted by atomic mass is 10.2. The summed E-state index contributed by atoms with van der Waals surface area (Å²) in [6.45, 7) is 9.58. The van der Waals surface area contributed by atoms with Crippen molar-refractivity contribution in [3.8, 4) is 0 Å². The van der Waals surface area contributed by atoms with E-state index in [0.717, 1.165) is 25.3 Å². The van der Waals surface area contributed by atoms with E-state index in [0.29, 0.717) is 12.0 Å². The molecule has 0 aliphatic rings. The van der Waals surface area contributed by atoms with Crippen LogP contribution in [0.4, 0.5) is 0 Å². The van der Waals surface area contributed by atoms with Gasteiger partial charge in [0, 0.05) is 25.3 Å². The third-order valence-corrected chi connectivity index (χ3v) is 2.65. The standard InChI is InChI=1S/C13H26N4/c1-11(2)6-14-7-13-9-17(10-15-13)12(3)8-16(4)5/h9-12,14H,6-8H2,1-5H3. The number of rotatable bonds is 7. The fraction of sp³-hybridized carbons (Fsp3) is 0.769. The third-order valence-electron chi connectivity index (χ3n) is 2.65. The maximum Gasteiger partial charge on any atom is 0.0952 e. The van der Waals surface area contributed by atoms with Gasteiger partial charge in [-0.2, -0.15) is 0 Å². The van der Waals surface area contributed by atoms with E-state index < -0.39 is 0 Å². The van der Waals surface area contributed by atoms with Gasteiger partial charge in [0.05, 0.1) is 12.0 Å². The summed E-state index contributed by atoms with van der Waals surface area (Å²) in [4.78, 5) is 6.62. The van der Waals surface area contributed by atoms with Crippen LogP contribution in [-0.4, -0.2) is 41.6 Å². The van der Waals surface area contributed by atoms with Gasteiger partial charge in [-0.15, -0.1) is 0 Å². The normalized spacial score (nSPS) is 13.6. The van der Waals surface area contributed by atoms with Gasteiger partial charge in [0.15, 0.2) is 0 Å². The van der Waals surface area contributed by atoms with Crippen LogP contribution < -0.4 is 5.32 Å². The fourth-order valence-electron chi connectivity index (χ4n) is 1.82. The highest BCUT2D eigenvalue weighted by Gasteiger charge is 2.07. The largest absolute Gasteiger partial charge is 0.333 e. The van der Waals surface area contributed by atoms with Gasteiger partial charge in [0.25, 0.3) is 0 Å². The van der Waals surface area contributed by atoms with Gasteiger partial charge in [0.1, 0.15) is 0 Å². The zero-order valence-electron chi connectivity index (χ0n) is 11.8. The van der Waals surface area contributed by atoms with Crippen molar-refractivity contribution < 1.29 is 0 Å². The third kappa shape index (κ3) is 5.33. The molecule has 17 heavy (non-hydrogen) atoms. The Balaban J connectivity index is 2.42. The van der Waals surface area contributed by atoms with Gasteiger partial charge >= 0.3 is 0 Å². The van der Waals surface area contributed by atoms with Crippen molar-refractivity contribution in [1.29, 1.82) is 0 Å². The van der Waals surface area contributed by atoms with Crippen LogP contribution in [0.5, 0.6) is 0 Å². The summed E-state index contributed by atoms with van der Waals surface area (Å²) in [5.41, 5.74) is 1.12. The second kappa shape index (κ2) is 6.77. The molecule has 1 aromatic rings. The van der Waals surface area contributed by atoms with Crippen LogP contribution in [0.3, 0.4) is 0 Å². The first-order valence-electron chi connectivity index (χ1n) is 6.36. The van der Waals surface area contributed by atoms with Crippen LogP contribution in [0.1, 0.15) is 32.5 Å². The Morgan fingerprint density at radius 3 is 2.65 bits per heavy atom. The van der Waals surface area contributed by atoms with Crippen LogP contribution >= 0.6 is 0 Å². The molecule has 4 heteroatoms. The van der Waals surface area contributed by atoms with E-state index in [-0.39, 0.29) is 0 Å². The summed E-state index contributed by atoms with van der Waals surface area (Å²) >= 11 is 0. The quantitative estimate of drug-likeness (QED) is 0.785. The Morgan fingerprint density at radius 2 is 2.06 bits per heavy atom. The maximum atomic E-state index is 4.42. The number of nitrogens with zero attached hydrogens (tertiary/aromatic N) is 3. The van der Waals surface area contributed by atoms with Crippen LogP contribution in [0.25, 0.3) is 0 Å². The Labute approximate surface area is 105 Å². The molecule has 1 unspecified atom stereocenters. The SMILES string of the molecule is CC(C)CNCc1cn(C(C)CN(C)C)cn1. The fourth-order valence-corrected chi connectivity index (χ4v) is 1.82. The second-order valence-corrected chi connectivity index (χ2v) is 5.45. The Kier molecular flexibility index (Phi) is 5.65. The molecule has 0 fully saturated rings. The van der Waals surface area contributed by atoms with Gasteiger partial charge in [-0.3, -0.25) is 0 Å². The van der Waals surface area contributed by atoms with E-state index in [2.05, 4.69) is 60.8 Å². The first-order chi connectivity index (χ1) is 7.99. The average Bonchev–Trinajstić information content (AvgIpc) is 2.64. The van der Waals surface area contributed by atoms with Gasteiger partial charge < -0.3 is 14.8 Å². The van der Waals surface area contributed by atoms with Crippen molar-refractivity contribution in [2.45, 2.75) is 33.4 Å². The molecule has 4 nitrogen and oxygen atoms in total. The van der Waals surface area contributed by atoms with Gasteiger partial charge in [0.2, 0.25) is 0 Å². The van der Waals surface area contributed by atoms with Gasteiger partial charge in [-0.1, -0.05) is 13.8 Å². The minimum Gasteiger partial charge on any atom is -0.333 e. The molecule has 0 bridgehead atoms. The lowest BCUT2D eigenvalue weighted by molar-refractivity contribution is 0.336. The molecule has 0 aliphatic carbocycles. The Hall–Kier alpha value is -0.870. The molecule has 1 atom stereocenters. The zero-order valence-corrected chi connectivity index (χ0v) is 11.8. The second-order valence-electron chi connectivity index (χ2n) is 5.45. The van der Waals surface area contributed by atoms with E-state index >= 15 is 0 Å². The zero-order chi connectivity index (χ0) is 12.8. The maximum absolute atomic E-state index is 4.42. The highest BCUT2D eigenvalue weighted by molar-refractivity contribution is 4.97. The van der Waals surface area contributed by atoms with Crippen LogP contribution in [0, 0.1) is 5.92 Å². The van der Waals surface area contributed by atoms with Crippen molar-refractivity contribution in [2.24, 2.45) is 5.92 Å². The molecule has 0 aromatic carbocycles. The molecule has 0 spiro atoms. The van der Waals surface area contributed by atoms with Crippen LogP contribution in [0.15, 0.2) is 12.5 Å². The van der Waals surface area contributed by atoms with E-state index in [1.54, 1.807) is 0 Å². The molecular weight excluding hydrogens is 212 g/mol. The van der Waals surface area contributed by atoms with Gasteiger partial charge in [-0.25, -0.2) is 4.98 Å². The first kappa shape index (κ1) is 14.2. The summed E-state index contributed by atoms with van der Waals surface area (Å²) < 4.78 is 2.19. The number of imidazole rings is 1. The van der Waals surface area contributed by atoms with Crippen LogP contribution in [-0.2, 0) is 6.54 Å². The highest BCUT2D eigenvalue weighted by Crippen LogP contribution is 2.07. The minimum atomic E-state index is 0.469. The number of hydrogen-bond donors (Lipinski definition) is 1. The predicted molar refractivity (Wildman–Crippen MR) is 72.0 cm³/mol. The summed E-state index contributed by atoms with van der Waals surface area (Å²) in [5, 5.41) is 3.41. The minimum absolute atomic E-state index is 0.469. The molecule has 0 amide bonds. The lowest BCUT2D eigenvalue weighted by Gasteiger charge is -2.17. The first-order valence-corrected chi connectivity index (χ1v) is 6.36. The molecule has 98 valence electrons. The molecule has 1 heterocycles. The van der Waals surface area contributed by atoms with Crippen molar-refractivity contribution in [3.05, 3.63) is 18.2 Å². The predicted octanol–water partition coefficient (Wildman–Crippen LogP) is 1.75. The van der Waals surface area contributed by atoms with Crippen molar-refractivity contribution in [1.82, 2.24) is 19.8 Å². The molecular formula is C13H26N4. The molecule has 0 aliphatic heterocycles. The lowest BCUT2D eigenvalue weighted by Crippen LogP contribution is -2.22. The summed E-state index contributed by atoms with van der Waals surface area (Å²) in [7, 11) is 4.19. The Morgan fingerprint density at radius 1 is 1.35 bits per heavy atom. The number of nitrogens with one attached hydrogen (secondary N) is 1. The molecule has 1 rings (SSSR count). The van der Waals surface area contributed by atoms with E-state index in [4.69, 9.17) is 0 Å². The molecule has 0 radical (unpaired) electrons. The molecule has 0 saturated heterocycles.